The second-order valence-corrected chi connectivity index (χ2v) is 6.50. The zero-order valence-corrected chi connectivity index (χ0v) is 13.7. The van der Waals surface area contributed by atoms with Crippen LogP contribution in [-0.4, -0.2) is 28.2 Å². The van der Waals surface area contributed by atoms with Crippen LogP contribution in [0, 0.1) is 5.82 Å². The molecule has 1 heterocycles. The molecule has 128 valence electrons. The van der Waals surface area contributed by atoms with E-state index in [1.165, 1.54) is 12.1 Å². The number of hydrogen-bond donors (Lipinski definition) is 2. The van der Waals surface area contributed by atoms with Crippen LogP contribution in [0.3, 0.4) is 0 Å². The van der Waals surface area contributed by atoms with E-state index in [1.807, 2.05) is 35.2 Å². The summed E-state index contributed by atoms with van der Waals surface area (Å²) in [4.78, 5) is 2.01. The van der Waals surface area contributed by atoms with Crippen LogP contribution >= 0.6 is 0 Å². The number of aliphatic hydroxyl groups is 2. The summed E-state index contributed by atoms with van der Waals surface area (Å²) < 4.78 is 13.3. The average molecular weight is 329 g/mol. The lowest BCUT2D eigenvalue weighted by atomic mass is 9.90. The highest BCUT2D eigenvalue weighted by molar-refractivity contribution is 5.25. The Balaban J connectivity index is 1.90. The Kier molecular flexibility index (Phi) is 5.29. The number of piperidine rings is 1. The second-order valence-electron chi connectivity index (χ2n) is 6.50. The van der Waals surface area contributed by atoms with Gasteiger partial charge in [0.15, 0.2) is 0 Å². The van der Waals surface area contributed by atoms with Crippen LogP contribution in [-0.2, 0) is 5.72 Å². The van der Waals surface area contributed by atoms with Gasteiger partial charge in [0.1, 0.15) is 11.5 Å². The van der Waals surface area contributed by atoms with Crippen LogP contribution in [0.4, 0.5) is 4.39 Å². The van der Waals surface area contributed by atoms with Gasteiger partial charge in [0.25, 0.3) is 0 Å². The van der Waals surface area contributed by atoms with E-state index in [9.17, 15) is 14.6 Å². The first-order valence-corrected chi connectivity index (χ1v) is 8.56. The molecule has 1 fully saturated rings. The Morgan fingerprint density at radius 2 is 1.58 bits per heavy atom. The highest BCUT2D eigenvalue weighted by atomic mass is 19.1. The lowest BCUT2D eigenvalue weighted by Gasteiger charge is -2.43. The van der Waals surface area contributed by atoms with Gasteiger partial charge in [-0.25, -0.2) is 4.39 Å². The number of nitrogens with zero attached hydrogens (tertiary/aromatic N) is 1. The second kappa shape index (κ2) is 7.43. The van der Waals surface area contributed by atoms with Crippen molar-refractivity contribution in [2.75, 3.05) is 13.1 Å². The highest BCUT2D eigenvalue weighted by Crippen LogP contribution is 2.37. The molecule has 3 rings (SSSR count). The van der Waals surface area contributed by atoms with Crippen molar-refractivity contribution in [1.29, 1.82) is 0 Å². The fraction of sp³-hybridized carbons (Fsp3) is 0.400. The molecule has 0 aliphatic carbocycles. The van der Waals surface area contributed by atoms with Crippen LogP contribution in [0.15, 0.2) is 54.6 Å². The van der Waals surface area contributed by atoms with Gasteiger partial charge in [0, 0.05) is 19.5 Å². The molecule has 3 nitrogen and oxygen atoms in total. The normalized spacial score (nSPS) is 19.6. The van der Waals surface area contributed by atoms with Crippen molar-refractivity contribution in [3.63, 3.8) is 0 Å². The number of aliphatic hydroxyl groups excluding tert-OH is 1. The molecule has 0 radical (unpaired) electrons. The summed E-state index contributed by atoms with van der Waals surface area (Å²) in [5.41, 5.74) is 0.0967. The minimum absolute atomic E-state index is 0.155. The Morgan fingerprint density at radius 3 is 2.21 bits per heavy atom. The van der Waals surface area contributed by atoms with E-state index in [4.69, 9.17) is 0 Å². The molecule has 0 saturated carbocycles. The maximum atomic E-state index is 13.3. The van der Waals surface area contributed by atoms with Gasteiger partial charge in [-0.1, -0.05) is 48.9 Å². The number of halogens is 1. The molecular weight excluding hydrogens is 305 g/mol. The van der Waals surface area contributed by atoms with E-state index >= 15 is 0 Å². The van der Waals surface area contributed by atoms with Crippen molar-refractivity contribution in [3.05, 3.63) is 71.5 Å². The molecule has 0 bridgehead atoms. The monoisotopic (exact) mass is 329 g/mol. The van der Waals surface area contributed by atoms with Gasteiger partial charge in [0.05, 0.1) is 6.10 Å². The SMILES string of the molecule is OC(CC(O)(c1ccc(F)cc1)N1CCCCC1)c1ccccc1. The third-order valence-corrected chi connectivity index (χ3v) is 4.85. The maximum absolute atomic E-state index is 13.3. The number of likely N-dealkylation sites (tertiary alicyclic amines) is 1. The Bertz CT molecular complexity index is 640. The van der Waals surface area contributed by atoms with Gasteiger partial charge < -0.3 is 10.2 Å². The smallest absolute Gasteiger partial charge is 0.147 e. The third-order valence-electron chi connectivity index (χ3n) is 4.85. The van der Waals surface area contributed by atoms with Crippen molar-refractivity contribution >= 4 is 0 Å². The molecule has 0 amide bonds. The molecule has 2 aromatic rings. The zero-order valence-electron chi connectivity index (χ0n) is 13.7. The molecule has 4 heteroatoms. The first kappa shape index (κ1) is 17.1. The summed E-state index contributed by atoms with van der Waals surface area (Å²) in [6.07, 6.45) is 2.55. The lowest BCUT2D eigenvalue weighted by Crippen LogP contribution is -2.49. The van der Waals surface area contributed by atoms with Crippen molar-refractivity contribution in [3.8, 4) is 0 Å². The predicted octanol–water partition coefficient (Wildman–Crippen LogP) is 3.58. The molecule has 1 aliphatic rings. The van der Waals surface area contributed by atoms with E-state index < -0.39 is 11.8 Å². The van der Waals surface area contributed by atoms with Crippen molar-refractivity contribution in [1.82, 2.24) is 4.90 Å². The molecule has 1 saturated heterocycles. The van der Waals surface area contributed by atoms with E-state index in [1.54, 1.807) is 12.1 Å². The van der Waals surface area contributed by atoms with Gasteiger partial charge in [-0.05, 0) is 36.1 Å². The average Bonchev–Trinajstić information content (AvgIpc) is 2.63. The minimum atomic E-state index is -1.30. The molecule has 24 heavy (non-hydrogen) atoms. The topological polar surface area (TPSA) is 43.7 Å². The molecule has 1 aliphatic heterocycles. The number of rotatable bonds is 5. The Hall–Kier alpha value is -1.75. The molecule has 0 aromatic heterocycles. The lowest BCUT2D eigenvalue weighted by molar-refractivity contribution is -0.148. The van der Waals surface area contributed by atoms with Crippen molar-refractivity contribution < 1.29 is 14.6 Å². The minimum Gasteiger partial charge on any atom is -0.388 e. The summed E-state index contributed by atoms with van der Waals surface area (Å²) in [7, 11) is 0. The van der Waals surface area contributed by atoms with E-state index in [2.05, 4.69) is 0 Å². The van der Waals surface area contributed by atoms with Crippen LogP contribution in [0.2, 0.25) is 0 Å². The van der Waals surface area contributed by atoms with Crippen molar-refractivity contribution in [2.45, 2.75) is 37.5 Å². The molecule has 2 atom stereocenters. The summed E-state index contributed by atoms with van der Waals surface area (Å²) in [6, 6.07) is 15.3. The predicted molar refractivity (Wildman–Crippen MR) is 91.7 cm³/mol. The van der Waals surface area contributed by atoms with Gasteiger partial charge >= 0.3 is 0 Å². The van der Waals surface area contributed by atoms with Crippen LogP contribution in [0.1, 0.15) is 42.9 Å². The maximum Gasteiger partial charge on any atom is 0.147 e. The summed E-state index contributed by atoms with van der Waals surface area (Å²) >= 11 is 0. The highest BCUT2D eigenvalue weighted by Gasteiger charge is 2.39. The largest absolute Gasteiger partial charge is 0.388 e. The summed E-state index contributed by atoms with van der Waals surface area (Å²) in [5, 5.41) is 22.1. The fourth-order valence-corrected chi connectivity index (χ4v) is 3.47. The molecule has 2 aromatic carbocycles. The summed E-state index contributed by atoms with van der Waals surface area (Å²) in [5.74, 6) is -0.330. The quantitative estimate of drug-likeness (QED) is 0.881. The molecular formula is C20H24FNO2. The third kappa shape index (κ3) is 3.66. The first-order chi connectivity index (χ1) is 11.6. The van der Waals surface area contributed by atoms with Gasteiger partial charge in [-0.15, -0.1) is 0 Å². The fourth-order valence-electron chi connectivity index (χ4n) is 3.47. The van der Waals surface area contributed by atoms with Gasteiger partial charge in [-0.2, -0.15) is 0 Å². The first-order valence-electron chi connectivity index (χ1n) is 8.56. The molecule has 0 spiro atoms. The number of benzene rings is 2. The van der Waals surface area contributed by atoms with E-state index in [0.717, 1.165) is 37.9 Å². The van der Waals surface area contributed by atoms with Gasteiger partial charge in [-0.3, -0.25) is 4.90 Å². The van der Waals surface area contributed by atoms with Crippen molar-refractivity contribution in [2.24, 2.45) is 0 Å². The van der Waals surface area contributed by atoms with Crippen LogP contribution < -0.4 is 0 Å². The number of hydrogen-bond acceptors (Lipinski definition) is 3. The van der Waals surface area contributed by atoms with Crippen LogP contribution in [0.5, 0.6) is 0 Å². The van der Waals surface area contributed by atoms with Gasteiger partial charge in [0.2, 0.25) is 0 Å². The Morgan fingerprint density at radius 1 is 0.958 bits per heavy atom. The van der Waals surface area contributed by atoms with E-state index in [0.29, 0.717) is 5.56 Å². The van der Waals surface area contributed by atoms with E-state index in [-0.39, 0.29) is 12.2 Å². The molecule has 2 N–H and O–H groups in total. The summed E-state index contributed by atoms with van der Waals surface area (Å²) in [6.45, 7) is 1.55. The Labute approximate surface area is 142 Å². The molecule has 2 unspecified atom stereocenters. The van der Waals surface area contributed by atoms with Crippen LogP contribution in [0.25, 0.3) is 0 Å². The standard InChI is InChI=1S/C20H24FNO2/c21-18-11-9-17(10-12-18)20(24,22-13-5-2-6-14-22)15-19(23)16-7-3-1-4-8-16/h1,3-4,7-12,19,23-24H,2,5-6,13-15H2. The zero-order chi connectivity index (χ0) is 17.0.